The Balaban J connectivity index is 2.27. The zero-order valence-electron chi connectivity index (χ0n) is 10.8. The van der Waals surface area contributed by atoms with Gasteiger partial charge in [0.15, 0.2) is 0 Å². The van der Waals surface area contributed by atoms with Crippen molar-refractivity contribution < 1.29 is 14.6 Å². The molecule has 0 aliphatic rings. The third kappa shape index (κ3) is 2.96. The van der Waals surface area contributed by atoms with Gasteiger partial charge in [0.2, 0.25) is 0 Å². The quantitative estimate of drug-likeness (QED) is 0.738. The highest BCUT2D eigenvalue weighted by molar-refractivity contribution is 5.53. The Kier molecular flexibility index (Phi) is 3.60. The van der Waals surface area contributed by atoms with Crippen molar-refractivity contribution in [1.29, 1.82) is 0 Å². The minimum Gasteiger partial charge on any atom is -0.508 e. The Bertz CT molecular complexity index is 599. The van der Waals surface area contributed by atoms with E-state index in [1.165, 1.54) is 30.3 Å². The van der Waals surface area contributed by atoms with Crippen molar-refractivity contribution in [3.63, 3.8) is 0 Å². The lowest BCUT2D eigenvalue weighted by Crippen LogP contribution is -2.08. The zero-order chi connectivity index (χ0) is 14.0. The molecule has 3 nitrogen and oxygen atoms in total. The van der Waals surface area contributed by atoms with Crippen LogP contribution in [0, 0.1) is 12.7 Å². The molecule has 19 heavy (non-hydrogen) atoms. The Hall–Kier alpha value is -2.23. The smallest absolute Gasteiger partial charge is 0.125 e. The number of benzene rings is 2. The summed E-state index contributed by atoms with van der Waals surface area (Å²) in [6, 6.07) is 8.57. The third-order valence-corrected chi connectivity index (χ3v) is 3.05. The summed E-state index contributed by atoms with van der Waals surface area (Å²) in [4.78, 5) is 0. The van der Waals surface area contributed by atoms with Gasteiger partial charge in [0.1, 0.15) is 17.3 Å². The average molecular weight is 261 g/mol. The number of hydrogen-bond acceptors (Lipinski definition) is 3. The molecule has 0 saturated heterocycles. The van der Waals surface area contributed by atoms with Crippen molar-refractivity contribution in [2.75, 3.05) is 5.32 Å². The van der Waals surface area contributed by atoms with E-state index in [2.05, 4.69) is 5.32 Å². The number of rotatable bonds is 3. The summed E-state index contributed by atoms with van der Waals surface area (Å²) in [6.07, 6.45) is 0. The molecule has 0 bridgehead atoms. The molecule has 2 rings (SSSR count). The Morgan fingerprint density at radius 3 is 2.58 bits per heavy atom. The molecule has 1 atom stereocenters. The fourth-order valence-corrected chi connectivity index (χ4v) is 1.95. The predicted octanol–water partition coefficient (Wildman–Crippen LogP) is 3.72. The maximum absolute atomic E-state index is 13.2. The van der Waals surface area contributed by atoms with Crippen LogP contribution in [-0.4, -0.2) is 10.2 Å². The fraction of sp³-hybridized carbons (Fsp3) is 0.200. The monoisotopic (exact) mass is 261 g/mol. The lowest BCUT2D eigenvalue weighted by molar-refractivity contribution is 0.451. The van der Waals surface area contributed by atoms with Crippen molar-refractivity contribution in [3.05, 3.63) is 53.3 Å². The van der Waals surface area contributed by atoms with Gasteiger partial charge in [-0.1, -0.05) is 6.07 Å². The van der Waals surface area contributed by atoms with E-state index in [0.717, 1.165) is 5.56 Å². The van der Waals surface area contributed by atoms with Crippen molar-refractivity contribution in [2.45, 2.75) is 19.9 Å². The molecule has 0 fully saturated rings. The highest BCUT2D eigenvalue weighted by atomic mass is 19.1. The van der Waals surface area contributed by atoms with Crippen molar-refractivity contribution >= 4 is 5.69 Å². The van der Waals surface area contributed by atoms with E-state index >= 15 is 0 Å². The summed E-state index contributed by atoms with van der Waals surface area (Å²) in [5, 5.41) is 22.4. The van der Waals surface area contributed by atoms with Gasteiger partial charge in [0.25, 0.3) is 0 Å². The van der Waals surface area contributed by atoms with E-state index in [-0.39, 0.29) is 23.4 Å². The first-order valence-corrected chi connectivity index (χ1v) is 6.02. The van der Waals surface area contributed by atoms with Gasteiger partial charge in [0.05, 0.1) is 6.04 Å². The van der Waals surface area contributed by atoms with Crippen LogP contribution in [0.4, 0.5) is 10.1 Å². The number of hydrogen-bond donors (Lipinski definition) is 3. The summed E-state index contributed by atoms with van der Waals surface area (Å²) in [6.45, 7) is 3.70. The number of halogens is 1. The Labute approximate surface area is 111 Å². The Morgan fingerprint density at radius 2 is 1.84 bits per heavy atom. The molecule has 100 valence electrons. The van der Waals surface area contributed by atoms with Crippen LogP contribution in [0.1, 0.15) is 24.1 Å². The van der Waals surface area contributed by atoms with Crippen LogP contribution in [0.15, 0.2) is 36.4 Å². The van der Waals surface area contributed by atoms with Gasteiger partial charge < -0.3 is 15.5 Å². The molecule has 3 N–H and O–H groups in total. The van der Waals surface area contributed by atoms with Gasteiger partial charge in [-0.25, -0.2) is 4.39 Å². The zero-order valence-corrected chi connectivity index (χ0v) is 10.8. The van der Waals surface area contributed by atoms with Crippen LogP contribution in [0.25, 0.3) is 0 Å². The van der Waals surface area contributed by atoms with Crippen molar-refractivity contribution in [1.82, 2.24) is 0 Å². The number of anilines is 1. The first-order valence-electron chi connectivity index (χ1n) is 6.02. The molecule has 0 saturated carbocycles. The second-order valence-corrected chi connectivity index (χ2v) is 4.57. The van der Waals surface area contributed by atoms with Gasteiger partial charge in [-0.2, -0.15) is 0 Å². The molecule has 2 aromatic carbocycles. The van der Waals surface area contributed by atoms with E-state index < -0.39 is 0 Å². The minimum absolute atomic E-state index is 0.0809. The molecule has 0 radical (unpaired) electrons. The van der Waals surface area contributed by atoms with E-state index in [9.17, 15) is 14.6 Å². The first kappa shape index (κ1) is 13.2. The topological polar surface area (TPSA) is 52.5 Å². The number of nitrogens with one attached hydrogen (secondary N) is 1. The van der Waals surface area contributed by atoms with Crippen molar-refractivity contribution in [3.8, 4) is 11.5 Å². The van der Waals surface area contributed by atoms with Gasteiger partial charge in [-0.3, -0.25) is 0 Å². The van der Waals surface area contributed by atoms with E-state index in [0.29, 0.717) is 11.3 Å². The van der Waals surface area contributed by atoms with Gasteiger partial charge in [-0.15, -0.1) is 0 Å². The summed E-state index contributed by atoms with van der Waals surface area (Å²) in [5.41, 5.74) is 2.13. The number of phenolic OH excluding ortho intramolecular Hbond substituents is 2. The third-order valence-electron chi connectivity index (χ3n) is 3.05. The van der Waals surface area contributed by atoms with Crippen LogP contribution in [0.5, 0.6) is 11.5 Å². The highest BCUT2D eigenvalue weighted by Crippen LogP contribution is 2.30. The standard InChI is InChI=1S/C15H16FNO2/c1-9-3-4-11(16)7-14(9)17-10(2)13-8-12(18)5-6-15(13)19/h3-8,10,17-19H,1-2H3. The average Bonchev–Trinajstić information content (AvgIpc) is 2.36. The largest absolute Gasteiger partial charge is 0.508 e. The van der Waals surface area contributed by atoms with Crippen LogP contribution in [-0.2, 0) is 0 Å². The number of aryl methyl sites for hydroxylation is 1. The first-order chi connectivity index (χ1) is 8.97. The summed E-state index contributed by atoms with van der Waals surface area (Å²) in [7, 11) is 0. The molecule has 4 heteroatoms. The summed E-state index contributed by atoms with van der Waals surface area (Å²) < 4.78 is 13.2. The van der Waals surface area contributed by atoms with Crippen LogP contribution < -0.4 is 5.32 Å². The normalized spacial score (nSPS) is 12.2. The maximum atomic E-state index is 13.2. The summed E-state index contributed by atoms with van der Waals surface area (Å²) in [5.74, 6) is -0.148. The minimum atomic E-state index is -0.319. The van der Waals surface area contributed by atoms with Crippen LogP contribution in [0.3, 0.4) is 0 Å². The van der Waals surface area contributed by atoms with E-state index in [1.54, 1.807) is 6.07 Å². The molecule has 2 aromatic rings. The fourth-order valence-electron chi connectivity index (χ4n) is 1.95. The molecule has 0 heterocycles. The molecule has 0 amide bonds. The molecule has 0 aliphatic carbocycles. The lowest BCUT2D eigenvalue weighted by Gasteiger charge is -2.18. The lowest BCUT2D eigenvalue weighted by atomic mass is 10.1. The van der Waals surface area contributed by atoms with Gasteiger partial charge in [-0.05, 0) is 49.7 Å². The predicted molar refractivity (Wildman–Crippen MR) is 72.9 cm³/mol. The Morgan fingerprint density at radius 1 is 1.11 bits per heavy atom. The maximum Gasteiger partial charge on any atom is 0.125 e. The molecule has 0 aromatic heterocycles. The van der Waals surface area contributed by atoms with Crippen LogP contribution >= 0.6 is 0 Å². The van der Waals surface area contributed by atoms with Crippen molar-refractivity contribution in [2.24, 2.45) is 0 Å². The van der Waals surface area contributed by atoms with Gasteiger partial charge >= 0.3 is 0 Å². The SMILES string of the molecule is Cc1ccc(F)cc1NC(C)c1cc(O)ccc1O. The summed E-state index contributed by atoms with van der Waals surface area (Å²) >= 11 is 0. The van der Waals surface area contributed by atoms with Crippen LogP contribution in [0.2, 0.25) is 0 Å². The molecule has 0 aliphatic heterocycles. The molecule has 1 unspecified atom stereocenters. The number of aromatic hydroxyl groups is 2. The molecule has 0 spiro atoms. The second-order valence-electron chi connectivity index (χ2n) is 4.57. The molecular weight excluding hydrogens is 245 g/mol. The second kappa shape index (κ2) is 5.18. The number of phenols is 2. The highest BCUT2D eigenvalue weighted by Gasteiger charge is 2.12. The van der Waals surface area contributed by atoms with E-state index in [1.807, 2.05) is 13.8 Å². The van der Waals surface area contributed by atoms with Gasteiger partial charge in [0, 0.05) is 11.3 Å². The molecular formula is C15H16FNO2. The van der Waals surface area contributed by atoms with E-state index in [4.69, 9.17) is 0 Å².